The molecule has 0 aliphatic rings. The van der Waals surface area contributed by atoms with Gasteiger partial charge < -0.3 is 5.11 Å². The largest absolute Gasteiger partial charge is 0.478 e. The predicted octanol–water partition coefficient (Wildman–Crippen LogP) is 2.26. The lowest BCUT2D eigenvalue weighted by molar-refractivity contribution is 0.0696. The molecule has 0 saturated heterocycles. The van der Waals surface area contributed by atoms with Gasteiger partial charge in [-0.1, -0.05) is 18.2 Å². The minimum atomic E-state index is -0.953. The van der Waals surface area contributed by atoms with E-state index in [1.807, 2.05) is 0 Å². The van der Waals surface area contributed by atoms with Crippen molar-refractivity contribution in [3.8, 4) is 11.1 Å². The molecular weight excluding hydrogens is 218 g/mol. The summed E-state index contributed by atoms with van der Waals surface area (Å²) in [5.74, 6) is -0.953. The molecule has 0 unspecified atom stereocenters. The second-order valence-corrected chi connectivity index (χ2v) is 3.47. The highest BCUT2D eigenvalue weighted by molar-refractivity contribution is 5.88. The van der Waals surface area contributed by atoms with Crippen molar-refractivity contribution in [2.24, 2.45) is 0 Å². The summed E-state index contributed by atoms with van der Waals surface area (Å²) in [5, 5.41) is 8.76. The van der Waals surface area contributed by atoms with Crippen molar-refractivity contribution >= 4 is 12.3 Å². The van der Waals surface area contributed by atoms with Crippen molar-refractivity contribution in [1.29, 1.82) is 0 Å². The van der Waals surface area contributed by atoms with Crippen LogP contribution in [0.1, 0.15) is 20.8 Å². The van der Waals surface area contributed by atoms with Crippen LogP contribution in [0.25, 0.3) is 11.1 Å². The van der Waals surface area contributed by atoms with Crippen LogP contribution >= 0.6 is 0 Å². The minimum absolute atomic E-state index is 0.242. The predicted molar refractivity (Wildman–Crippen MR) is 62.0 cm³/mol. The Kier molecular flexibility index (Phi) is 2.96. The van der Waals surface area contributed by atoms with Crippen LogP contribution in [0.3, 0.4) is 0 Å². The van der Waals surface area contributed by atoms with Crippen molar-refractivity contribution < 1.29 is 14.7 Å². The van der Waals surface area contributed by atoms with Gasteiger partial charge in [0.15, 0.2) is 6.29 Å². The molecule has 17 heavy (non-hydrogen) atoms. The molecule has 0 amide bonds. The van der Waals surface area contributed by atoms with Crippen molar-refractivity contribution in [1.82, 2.24) is 4.98 Å². The van der Waals surface area contributed by atoms with Gasteiger partial charge in [0.25, 0.3) is 0 Å². The maximum atomic E-state index is 10.7. The van der Waals surface area contributed by atoms with Crippen LogP contribution in [0.15, 0.2) is 42.6 Å². The van der Waals surface area contributed by atoms with E-state index in [4.69, 9.17) is 5.11 Å². The number of pyridine rings is 1. The van der Waals surface area contributed by atoms with Crippen LogP contribution in [-0.2, 0) is 0 Å². The van der Waals surface area contributed by atoms with Gasteiger partial charge in [-0.2, -0.15) is 0 Å². The van der Waals surface area contributed by atoms with E-state index in [0.29, 0.717) is 12.0 Å². The first-order valence-corrected chi connectivity index (χ1v) is 4.95. The monoisotopic (exact) mass is 227 g/mol. The van der Waals surface area contributed by atoms with Gasteiger partial charge in [0.1, 0.15) is 5.69 Å². The molecule has 0 fully saturated rings. The number of carboxylic acids is 1. The van der Waals surface area contributed by atoms with Gasteiger partial charge in [-0.3, -0.25) is 9.78 Å². The number of hydrogen-bond acceptors (Lipinski definition) is 3. The number of carboxylic acid groups (broad SMARTS) is 1. The van der Waals surface area contributed by atoms with Crippen LogP contribution in [0.4, 0.5) is 0 Å². The summed E-state index contributed by atoms with van der Waals surface area (Å²) in [6.45, 7) is 0. The zero-order chi connectivity index (χ0) is 12.3. The number of benzene rings is 1. The smallest absolute Gasteiger partial charge is 0.335 e. The third-order valence-electron chi connectivity index (χ3n) is 2.37. The highest BCUT2D eigenvalue weighted by Crippen LogP contribution is 2.18. The lowest BCUT2D eigenvalue weighted by atomic mass is 10.1. The van der Waals surface area contributed by atoms with Crippen LogP contribution in [0, 0.1) is 0 Å². The average molecular weight is 227 g/mol. The van der Waals surface area contributed by atoms with Crippen LogP contribution in [-0.4, -0.2) is 22.3 Å². The maximum absolute atomic E-state index is 10.7. The molecule has 1 aromatic carbocycles. The van der Waals surface area contributed by atoms with E-state index in [0.717, 1.165) is 11.1 Å². The number of nitrogens with zero attached hydrogens (tertiary/aromatic N) is 1. The fourth-order valence-electron chi connectivity index (χ4n) is 1.45. The molecule has 1 aromatic heterocycles. The van der Waals surface area contributed by atoms with E-state index < -0.39 is 5.97 Å². The Bertz CT molecular complexity index is 544. The van der Waals surface area contributed by atoms with Crippen LogP contribution in [0.5, 0.6) is 0 Å². The molecule has 1 heterocycles. The molecule has 0 spiro atoms. The molecule has 0 saturated carbocycles. The summed E-state index contributed by atoms with van der Waals surface area (Å²) in [4.78, 5) is 25.1. The summed E-state index contributed by atoms with van der Waals surface area (Å²) in [5.41, 5.74) is 2.31. The van der Waals surface area contributed by atoms with Gasteiger partial charge in [0, 0.05) is 11.8 Å². The molecule has 0 aliphatic carbocycles. The Hall–Kier alpha value is -2.49. The maximum Gasteiger partial charge on any atom is 0.335 e. The number of aromatic carboxylic acids is 1. The second kappa shape index (κ2) is 4.57. The second-order valence-electron chi connectivity index (χ2n) is 3.47. The zero-order valence-corrected chi connectivity index (χ0v) is 8.83. The van der Waals surface area contributed by atoms with E-state index in [1.165, 1.54) is 12.1 Å². The topological polar surface area (TPSA) is 67.3 Å². The number of rotatable bonds is 3. The molecule has 0 radical (unpaired) electrons. The van der Waals surface area contributed by atoms with Crippen molar-refractivity contribution in [3.63, 3.8) is 0 Å². The minimum Gasteiger partial charge on any atom is -0.478 e. The SMILES string of the molecule is O=Cc1ccc(-c2ccc(C(=O)O)cc2)cn1. The summed E-state index contributed by atoms with van der Waals surface area (Å²) in [6.07, 6.45) is 2.26. The third kappa shape index (κ3) is 2.36. The Morgan fingerprint density at radius 2 is 1.71 bits per heavy atom. The molecule has 1 N–H and O–H groups in total. The van der Waals surface area contributed by atoms with Gasteiger partial charge in [-0.25, -0.2) is 4.79 Å². The Balaban J connectivity index is 2.32. The van der Waals surface area contributed by atoms with E-state index in [9.17, 15) is 9.59 Å². The van der Waals surface area contributed by atoms with E-state index >= 15 is 0 Å². The first-order chi connectivity index (χ1) is 8.20. The number of carbonyl (C=O) groups excluding carboxylic acids is 1. The Morgan fingerprint density at radius 3 is 2.18 bits per heavy atom. The molecule has 2 rings (SSSR count). The average Bonchev–Trinajstić information content (AvgIpc) is 2.39. The van der Waals surface area contributed by atoms with Gasteiger partial charge >= 0.3 is 5.97 Å². The van der Waals surface area contributed by atoms with Crippen LogP contribution in [0.2, 0.25) is 0 Å². The summed E-state index contributed by atoms with van der Waals surface area (Å²) < 4.78 is 0. The molecule has 84 valence electrons. The van der Waals surface area contributed by atoms with Crippen LogP contribution < -0.4 is 0 Å². The molecule has 0 aliphatic heterocycles. The van der Waals surface area contributed by atoms with Gasteiger partial charge in [-0.05, 0) is 23.8 Å². The normalized spacial score (nSPS) is 9.88. The molecule has 0 bridgehead atoms. The summed E-state index contributed by atoms with van der Waals surface area (Å²) in [6, 6.07) is 9.87. The number of aldehydes is 1. The quantitative estimate of drug-likeness (QED) is 0.816. The number of hydrogen-bond donors (Lipinski definition) is 1. The number of aromatic nitrogens is 1. The first-order valence-electron chi connectivity index (χ1n) is 4.95. The molecule has 4 nitrogen and oxygen atoms in total. The van der Waals surface area contributed by atoms with Gasteiger partial charge in [0.05, 0.1) is 5.56 Å². The third-order valence-corrected chi connectivity index (χ3v) is 2.37. The van der Waals surface area contributed by atoms with Crippen molar-refractivity contribution in [2.45, 2.75) is 0 Å². The highest BCUT2D eigenvalue weighted by atomic mass is 16.4. The fourth-order valence-corrected chi connectivity index (χ4v) is 1.45. The van der Waals surface area contributed by atoms with Crippen molar-refractivity contribution in [2.75, 3.05) is 0 Å². The molecule has 2 aromatic rings. The van der Waals surface area contributed by atoms with E-state index in [1.54, 1.807) is 30.5 Å². The first kappa shape index (κ1) is 11.0. The van der Waals surface area contributed by atoms with E-state index in [-0.39, 0.29) is 5.56 Å². The fraction of sp³-hybridized carbons (Fsp3) is 0. The Labute approximate surface area is 97.6 Å². The summed E-state index contributed by atoms with van der Waals surface area (Å²) >= 11 is 0. The standard InChI is InChI=1S/C13H9NO3/c15-8-12-6-5-11(7-14-12)9-1-3-10(4-2-9)13(16)17/h1-8H,(H,16,17). The van der Waals surface area contributed by atoms with Crippen molar-refractivity contribution in [3.05, 3.63) is 53.9 Å². The number of carbonyl (C=O) groups is 2. The van der Waals surface area contributed by atoms with Gasteiger partial charge in [-0.15, -0.1) is 0 Å². The zero-order valence-electron chi connectivity index (χ0n) is 8.83. The van der Waals surface area contributed by atoms with Gasteiger partial charge in [0.2, 0.25) is 0 Å². The molecular formula is C13H9NO3. The Morgan fingerprint density at radius 1 is 1.06 bits per heavy atom. The summed E-state index contributed by atoms with van der Waals surface area (Å²) in [7, 11) is 0. The molecule has 4 heteroatoms. The highest BCUT2D eigenvalue weighted by Gasteiger charge is 2.03. The lowest BCUT2D eigenvalue weighted by Gasteiger charge is -2.01. The molecule has 0 atom stereocenters. The van der Waals surface area contributed by atoms with E-state index in [2.05, 4.69) is 4.98 Å². The lowest BCUT2D eigenvalue weighted by Crippen LogP contribution is -1.95.